The second kappa shape index (κ2) is 11.6. The van der Waals surface area contributed by atoms with E-state index >= 15 is 4.39 Å². The molecule has 1 aromatic carbocycles. The average Bonchev–Trinajstić information content (AvgIpc) is 3.39. The Morgan fingerprint density at radius 2 is 1.77 bits per heavy atom. The minimum Gasteiger partial charge on any atom is -0.478 e. The molecule has 3 aromatic rings. The van der Waals surface area contributed by atoms with Crippen LogP contribution in [-0.4, -0.2) is 43.0 Å². The van der Waals surface area contributed by atoms with E-state index in [1.54, 1.807) is 13.8 Å². The van der Waals surface area contributed by atoms with Gasteiger partial charge in [0.1, 0.15) is 5.56 Å². The number of aromatic carboxylic acids is 1. The van der Waals surface area contributed by atoms with Crippen LogP contribution in [0.4, 0.5) is 23.2 Å². The number of halogens is 4. The number of alkyl halides is 3. The molecule has 1 fully saturated rings. The summed E-state index contributed by atoms with van der Waals surface area (Å²) in [6.45, 7) is 5.35. The summed E-state index contributed by atoms with van der Waals surface area (Å²) in [7, 11) is 0. The number of rotatable bonds is 8. The van der Waals surface area contributed by atoms with Crippen LogP contribution in [0.3, 0.4) is 0 Å². The predicted octanol–water partition coefficient (Wildman–Crippen LogP) is 5.94. The minimum atomic E-state index is -4.92. The maximum absolute atomic E-state index is 15.3. The number of anilines is 1. The van der Waals surface area contributed by atoms with Crippen LogP contribution >= 0.6 is 0 Å². The summed E-state index contributed by atoms with van der Waals surface area (Å²) >= 11 is 0. The Balaban J connectivity index is 1.70. The number of carbonyl (C=O) groups is 2. The maximum Gasteiger partial charge on any atom is 0.421 e. The molecule has 1 aliphatic rings. The molecule has 214 valence electrons. The van der Waals surface area contributed by atoms with Crippen molar-refractivity contribution in [2.75, 3.05) is 4.90 Å². The highest BCUT2D eigenvalue weighted by Gasteiger charge is 2.37. The molecule has 0 saturated heterocycles. The number of carboxylic acids is 1. The number of hydrogen-bond acceptors (Lipinski definition) is 6. The molecule has 4 rings (SSSR count). The minimum absolute atomic E-state index is 0.103. The number of ether oxygens (including phenoxy) is 1. The average molecular weight is 564 g/mol. The van der Waals surface area contributed by atoms with Crippen LogP contribution in [0.5, 0.6) is 11.6 Å². The van der Waals surface area contributed by atoms with Crippen molar-refractivity contribution in [3.05, 3.63) is 59.3 Å². The van der Waals surface area contributed by atoms with Gasteiger partial charge < -0.3 is 14.7 Å². The van der Waals surface area contributed by atoms with Crippen molar-refractivity contribution in [3.63, 3.8) is 0 Å². The van der Waals surface area contributed by atoms with Gasteiger partial charge in [-0.05, 0) is 57.1 Å². The van der Waals surface area contributed by atoms with Crippen LogP contribution in [0, 0.1) is 17.7 Å². The van der Waals surface area contributed by atoms with Crippen molar-refractivity contribution in [2.45, 2.75) is 65.2 Å². The Morgan fingerprint density at radius 1 is 1.12 bits per heavy atom. The third kappa shape index (κ3) is 6.40. The first-order valence-electron chi connectivity index (χ1n) is 12.8. The second-order valence-electron chi connectivity index (χ2n) is 10.2. The summed E-state index contributed by atoms with van der Waals surface area (Å²) in [6, 6.07) is 1.86. The number of carboxylic acid groups (broad SMARTS) is 1. The van der Waals surface area contributed by atoms with E-state index in [4.69, 9.17) is 4.74 Å². The number of pyridine rings is 1. The Kier molecular flexibility index (Phi) is 8.40. The van der Waals surface area contributed by atoms with Crippen LogP contribution < -0.4 is 9.64 Å². The Bertz CT molecular complexity index is 1370. The molecule has 0 radical (unpaired) electrons. The monoisotopic (exact) mass is 563 g/mol. The van der Waals surface area contributed by atoms with Crippen molar-refractivity contribution in [3.8, 4) is 11.6 Å². The van der Waals surface area contributed by atoms with Gasteiger partial charge >= 0.3 is 12.1 Å². The second-order valence-corrected chi connectivity index (χ2v) is 10.2. The van der Waals surface area contributed by atoms with Gasteiger partial charge in [-0.15, -0.1) is 0 Å². The maximum atomic E-state index is 15.3. The molecule has 0 spiro atoms. The Labute approximate surface area is 227 Å². The zero-order chi connectivity index (χ0) is 29.2. The summed E-state index contributed by atoms with van der Waals surface area (Å²) in [5.41, 5.74) is -1.86. The smallest absolute Gasteiger partial charge is 0.421 e. The van der Waals surface area contributed by atoms with Gasteiger partial charge in [-0.2, -0.15) is 28.2 Å². The molecular formula is C27H29F4N5O4. The highest BCUT2D eigenvalue weighted by atomic mass is 19.4. The molecular weight excluding hydrogens is 534 g/mol. The summed E-state index contributed by atoms with van der Waals surface area (Å²) in [6.07, 6.45) is 1.88. The lowest BCUT2D eigenvalue weighted by molar-refractivity contribution is -0.139. The van der Waals surface area contributed by atoms with Crippen LogP contribution in [0.2, 0.25) is 0 Å². The normalized spacial score (nSPS) is 17.6. The van der Waals surface area contributed by atoms with E-state index in [2.05, 4.69) is 22.1 Å². The zero-order valence-electron chi connectivity index (χ0n) is 22.2. The molecule has 1 N–H and O–H groups in total. The number of hydrogen-bond donors (Lipinski definition) is 1. The van der Waals surface area contributed by atoms with E-state index in [-0.39, 0.29) is 29.6 Å². The third-order valence-electron chi connectivity index (χ3n) is 6.87. The molecule has 0 unspecified atom stereocenters. The molecule has 1 amide bonds. The molecule has 9 nitrogen and oxygen atoms in total. The number of benzene rings is 1. The lowest BCUT2D eigenvalue weighted by Crippen LogP contribution is -2.43. The first-order valence-corrected chi connectivity index (χ1v) is 12.8. The highest BCUT2D eigenvalue weighted by Crippen LogP contribution is 2.40. The molecule has 1 aliphatic carbocycles. The molecule has 0 bridgehead atoms. The number of nitrogens with zero attached hydrogens (tertiary/aromatic N) is 5. The van der Waals surface area contributed by atoms with Crippen LogP contribution in [0.15, 0.2) is 36.8 Å². The van der Waals surface area contributed by atoms with Crippen LogP contribution in [0.25, 0.3) is 0 Å². The predicted molar refractivity (Wildman–Crippen MR) is 136 cm³/mol. The topological polar surface area (TPSA) is 110 Å². The highest BCUT2D eigenvalue weighted by molar-refractivity contribution is 6.03. The van der Waals surface area contributed by atoms with Gasteiger partial charge in [0.25, 0.3) is 0 Å². The standard InChI is InChI=1S/C27H29F4N5O4/c1-15(2)36(25(37)18-6-4-16(3)5-7-18)22-12-21(28)23(11-19(22)26(38)39)40-24-20(27(29,30)31)10-17(13-32-24)14-35-33-8-9-34-35/h8-13,15-16,18H,4-7,14H2,1-3H3,(H,38,39)/t16-,18-. The lowest BCUT2D eigenvalue weighted by Gasteiger charge is -2.34. The number of carbonyl (C=O) groups excluding carboxylic acids is 1. The van der Waals surface area contributed by atoms with E-state index in [9.17, 15) is 27.9 Å². The van der Waals surface area contributed by atoms with E-state index in [1.165, 1.54) is 17.3 Å². The largest absolute Gasteiger partial charge is 0.478 e. The van der Waals surface area contributed by atoms with Gasteiger partial charge in [0.2, 0.25) is 11.8 Å². The zero-order valence-corrected chi connectivity index (χ0v) is 22.2. The van der Waals surface area contributed by atoms with Crippen molar-refractivity contribution in [1.82, 2.24) is 20.0 Å². The molecule has 1 saturated carbocycles. The Morgan fingerprint density at radius 3 is 2.35 bits per heavy atom. The first-order chi connectivity index (χ1) is 18.8. The fraction of sp³-hybridized carbons (Fsp3) is 0.444. The van der Waals surface area contributed by atoms with E-state index in [0.717, 1.165) is 42.0 Å². The molecule has 0 atom stereocenters. The van der Waals surface area contributed by atoms with Crippen molar-refractivity contribution in [2.24, 2.45) is 11.8 Å². The van der Waals surface area contributed by atoms with Crippen molar-refractivity contribution < 1.29 is 37.0 Å². The van der Waals surface area contributed by atoms with Gasteiger partial charge in [0, 0.05) is 30.3 Å². The van der Waals surface area contributed by atoms with Gasteiger partial charge in [0.15, 0.2) is 11.6 Å². The van der Waals surface area contributed by atoms with Crippen LogP contribution in [-0.2, 0) is 17.5 Å². The van der Waals surface area contributed by atoms with Gasteiger partial charge in [-0.3, -0.25) is 4.79 Å². The van der Waals surface area contributed by atoms with E-state index in [1.807, 2.05) is 0 Å². The molecule has 13 heteroatoms. The molecule has 0 aliphatic heterocycles. The van der Waals surface area contributed by atoms with Crippen LogP contribution in [0.1, 0.15) is 67.9 Å². The summed E-state index contributed by atoms with van der Waals surface area (Å²) in [5, 5.41) is 17.6. The van der Waals surface area contributed by atoms with Crippen molar-refractivity contribution in [1.29, 1.82) is 0 Å². The molecule has 40 heavy (non-hydrogen) atoms. The summed E-state index contributed by atoms with van der Waals surface area (Å²) < 4.78 is 62.2. The van der Waals surface area contributed by atoms with Gasteiger partial charge in [-0.1, -0.05) is 6.92 Å². The van der Waals surface area contributed by atoms with E-state index < -0.39 is 46.8 Å². The van der Waals surface area contributed by atoms with Gasteiger partial charge in [-0.25, -0.2) is 14.2 Å². The fourth-order valence-electron chi connectivity index (χ4n) is 4.81. The molecule has 2 heterocycles. The van der Waals surface area contributed by atoms with Gasteiger partial charge in [0.05, 0.1) is 30.2 Å². The third-order valence-corrected chi connectivity index (χ3v) is 6.87. The summed E-state index contributed by atoms with van der Waals surface area (Å²) in [4.78, 5) is 31.8. The number of aromatic nitrogens is 4. The lowest BCUT2D eigenvalue weighted by atomic mass is 9.82. The fourth-order valence-corrected chi connectivity index (χ4v) is 4.81. The first kappa shape index (κ1) is 29.0. The SMILES string of the molecule is CC(C)N(c1cc(F)c(Oc2ncc(Cn3nccn3)cc2C(F)(F)F)cc1C(=O)O)C(=O)[C@H]1CC[C@H](C)CC1. The molecule has 2 aromatic heterocycles. The van der Waals surface area contributed by atoms with Crippen molar-refractivity contribution >= 4 is 17.6 Å². The quantitative estimate of drug-likeness (QED) is 0.338. The Hall–Kier alpha value is -4.03. The van der Waals surface area contributed by atoms with E-state index in [0.29, 0.717) is 18.8 Å². The summed E-state index contributed by atoms with van der Waals surface area (Å²) in [5.74, 6) is -4.55. The number of amides is 1.